The Bertz CT molecular complexity index is 1100. The number of fused-ring (bicyclic) bond motifs is 2. The van der Waals surface area contributed by atoms with E-state index in [0.717, 1.165) is 17.7 Å². The van der Waals surface area contributed by atoms with Crippen LogP contribution < -0.4 is 4.90 Å². The second-order valence-electron chi connectivity index (χ2n) is 5.72. The molecular weight excluding hydrogens is 328 g/mol. The van der Waals surface area contributed by atoms with E-state index in [2.05, 4.69) is 20.3 Å². The molecule has 122 valence electrons. The first-order valence-electron chi connectivity index (χ1n) is 7.53. The lowest BCUT2D eigenvalue weighted by atomic mass is 10.1. The van der Waals surface area contributed by atoms with Crippen LogP contribution in [0.3, 0.4) is 0 Å². The quantitative estimate of drug-likeness (QED) is 0.738. The van der Waals surface area contributed by atoms with Crippen molar-refractivity contribution in [2.75, 3.05) is 11.4 Å². The van der Waals surface area contributed by atoms with Gasteiger partial charge in [0.15, 0.2) is 5.82 Å². The monoisotopic (exact) mass is 337 g/mol. The smallest absolute Gasteiger partial charge is 0.154 e. The molecule has 0 saturated heterocycles. The first-order valence-corrected chi connectivity index (χ1v) is 7.53. The van der Waals surface area contributed by atoms with Crippen molar-refractivity contribution < 1.29 is 8.78 Å². The summed E-state index contributed by atoms with van der Waals surface area (Å²) in [4.78, 5) is 6.18. The molecule has 0 bridgehead atoms. The topological polar surface area (TPSA) is 85.9 Å². The molecule has 9 heteroatoms. The largest absolute Gasteiger partial charge is 0.308 e. The SMILES string of the molecule is N#Cc1ccc(F)c(C2=Nc3cn[nH]c3-c3cnn4c3N2CC4)c1F. The third kappa shape index (κ3) is 1.73. The van der Waals surface area contributed by atoms with Gasteiger partial charge in [-0.15, -0.1) is 0 Å². The number of benzene rings is 1. The summed E-state index contributed by atoms with van der Waals surface area (Å²) in [6.07, 6.45) is 3.17. The van der Waals surface area contributed by atoms with Crippen molar-refractivity contribution in [1.82, 2.24) is 20.0 Å². The van der Waals surface area contributed by atoms with Crippen LogP contribution in [-0.2, 0) is 6.54 Å². The fraction of sp³-hybridized carbons (Fsp3) is 0.125. The molecule has 0 amide bonds. The summed E-state index contributed by atoms with van der Waals surface area (Å²) in [6, 6.07) is 3.94. The number of H-pyrrole nitrogens is 1. The molecule has 0 saturated carbocycles. The summed E-state index contributed by atoms with van der Waals surface area (Å²) < 4.78 is 31.0. The standard InChI is InChI=1S/C16H9F2N7/c17-10-2-1-8(5-19)13(18)12(10)15-22-11-7-20-23-14(11)9-6-21-25-4-3-24(15)16(9)25/h1-2,6-7H,3-4H2,(H,20,23). The van der Waals surface area contributed by atoms with E-state index in [1.807, 2.05) is 0 Å². The summed E-state index contributed by atoms with van der Waals surface area (Å²) in [6.45, 7) is 1.04. The van der Waals surface area contributed by atoms with Crippen molar-refractivity contribution >= 4 is 17.3 Å². The van der Waals surface area contributed by atoms with E-state index in [4.69, 9.17) is 5.26 Å². The lowest BCUT2D eigenvalue weighted by Gasteiger charge is -2.20. The summed E-state index contributed by atoms with van der Waals surface area (Å²) in [7, 11) is 0. The zero-order valence-corrected chi connectivity index (χ0v) is 12.7. The molecule has 2 aromatic heterocycles. The molecule has 0 unspecified atom stereocenters. The Morgan fingerprint density at radius 3 is 2.92 bits per heavy atom. The molecular formula is C16H9F2N7. The lowest BCUT2D eigenvalue weighted by Crippen LogP contribution is -2.31. The molecule has 2 aliphatic heterocycles. The number of nitrogens with one attached hydrogen (secondary N) is 1. The minimum absolute atomic E-state index is 0.104. The van der Waals surface area contributed by atoms with Crippen molar-refractivity contribution in [3.63, 3.8) is 0 Å². The molecule has 1 aromatic carbocycles. The van der Waals surface area contributed by atoms with Gasteiger partial charge < -0.3 is 4.90 Å². The van der Waals surface area contributed by atoms with Gasteiger partial charge in [-0.2, -0.15) is 15.5 Å². The second kappa shape index (κ2) is 4.73. The lowest BCUT2D eigenvalue weighted by molar-refractivity contribution is 0.576. The molecule has 7 nitrogen and oxygen atoms in total. The van der Waals surface area contributed by atoms with Gasteiger partial charge in [0.05, 0.1) is 41.3 Å². The zero-order chi connectivity index (χ0) is 17.1. The van der Waals surface area contributed by atoms with E-state index in [9.17, 15) is 8.78 Å². The van der Waals surface area contributed by atoms with E-state index in [1.54, 1.807) is 21.8 Å². The predicted octanol–water partition coefficient (Wildman–Crippen LogP) is 2.33. The predicted molar refractivity (Wildman–Crippen MR) is 84.4 cm³/mol. The van der Waals surface area contributed by atoms with E-state index in [0.29, 0.717) is 30.3 Å². The molecule has 0 atom stereocenters. The maximum atomic E-state index is 14.8. The van der Waals surface area contributed by atoms with Gasteiger partial charge in [0.2, 0.25) is 0 Å². The Morgan fingerprint density at radius 2 is 2.08 bits per heavy atom. The molecule has 1 N–H and O–H groups in total. The average molecular weight is 337 g/mol. The van der Waals surface area contributed by atoms with Crippen LogP contribution in [0.1, 0.15) is 11.1 Å². The Labute approximate surface area is 139 Å². The maximum absolute atomic E-state index is 14.8. The normalized spacial score (nSPS) is 14.6. The van der Waals surface area contributed by atoms with Crippen LogP contribution >= 0.6 is 0 Å². The molecule has 2 aliphatic rings. The van der Waals surface area contributed by atoms with Crippen molar-refractivity contribution in [3.05, 3.63) is 47.3 Å². The minimum Gasteiger partial charge on any atom is -0.308 e. The molecule has 0 aliphatic carbocycles. The van der Waals surface area contributed by atoms with E-state index >= 15 is 0 Å². The Balaban J connectivity index is 1.84. The fourth-order valence-electron chi connectivity index (χ4n) is 3.28. The van der Waals surface area contributed by atoms with Gasteiger partial charge in [-0.1, -0.05) is 0 Å². The maximum Gasteiger partial charge on any atom is 0.154 e. The highest BCUT2D eigenvalue weighted by molar-refractivity contribution is 6.14. The van der Waals surface area contributed by atoms with Crippen LogP contribution in [0.2, 0.25) is 0 Å². The summed E-state index contributed by atoms with van der Waals surface area (Å²) in [5, 5.41) is 20.2. The highest BCUT2D eigenvalue weighted by Crippen LogP contribution is 2.41. The van der Waals surface area contributed by atoms with E-state index < -0.39 is 11.6 Å². The first kappa shape index (κ1) is 13.9. The highest BCUT2D eigenvalue weighted by atomic mass is 19.1. The highest BCUT2D eigenvalue weighted by Gasteiger charge is 2.35. The van der Waals surface area contributed by atoms with Gasteiger partial charge >= 0.3 is 0 Å². The molecule has 5 rings (SSSR count). The number of halogens is 2. The van der Waals surface area contributed by atoms with Crippen LogP contribution in [0.15, 0.2) is 29.5 Å². The number of aromatic amines is 1. The number of hydrogen-bond acceptors (Lipinski definition) is 5. The van der Waals surface area contributed by atoms with Gasteiger partial charge in [-0.3, -0.25) is 5.10 Å². The summed E-state index contributed by atoms with van der Waals surface area (Å²) in [5.74, 6) is -0.898. The van der Waals surface area contributed by atoms with Crippen molar-refractivity contribution in [2.24, 2.45) is 4.99 Å². The molecule has 3 aromatic rings. The Kier molecular flexibility index (Phi) is 2.62. The van der Waals surface area contributed by atoms with Gasteiger partial charge in [0.25, 0.3) is 0 Å². The molecule has 0 radical (unpaired) electrons. The number of rotatable bonds is 1. The number of aromatic nitrogens is 4. The van der Waals surface area contributed by atoms with E-state index in [-0.39, 0.29) is 17.0 Å². The number of nitrogens with zero attached hydrogens (tertiary/aromatic N) is 6. The molecule has 0 spiro atoms. The van der Waals surface area contributed by atoms with E-state index in [1.165, 1.54) is 6.20 Å². The van der Waals surface area contributed by atoms with Gasteiger partial charge in [-0.05, 0) is 12.1 Å². The Hall–Kier alpha value is -3.54. The summed E-state index contributed by atoms with van der Waals surface area (Å²) in [5.41, 5.74) is 1.31. The third-order valence-corrected chi connectivity index (χ3v) is 4.41. The van der Waals surface area contributed by atoms with Crippen molar-refractivity contribution in [2.45, 2.75) is 6.54 Å². The number of aliphatic imine (C=N–C) groups is 1. The number of nitriles is 1. The minimum atomic E-state index is -0.923. The van der Waals surface area contributed by atoms with Crippen LogP contribution in [0.25, 0.3) is 11.3 Å². The molecule has 0 fully saturated rings. The van der Waals surface area contributed by atoms with Crippen LogP contribution in [-0.4, -0.2) is 32.4 Å². The van der Waals surface area contributed by atoms with Crippen LogP contribution in [0.4, 0.5) is 20.3 Å². The number of hydrogen-bond donors (Lipinski definition) is 1. The zero-order valence-electron chi connectivity index (χ0n) is 12.7. The fourth-order valence-corrected chi connectivity index (χ4v) is 3.28. The summed E-state index contributed by atoms with van der Waals surface area (Å²) >= 11 is 0. The van der Waals surface area contributed by atoms with Gasteiger partial charge in [-0.25, -0.2) is 18.5 Å². The number of amidine groups is 1. The van der Waals surface area contributed by atoms with Crippen molar-refractivity contribution in [1.29, 1.82) is 5.26 Å². The van der Waals surface area contributed by atoms with Crippen LogP contribution in [0, 0.1) is 23.0 Å². The second-order valence-corrected chi connectivity index (χ2v) is 5.72. The average Bonchev–Trinajstić information content (AvgIpc) is 3.29. The van der Waals surface area contributed by atoms with Crippen LogP contribution in [0.5, 0.6) is 0 Å². The first-order chi connectivity index (χ1) is 12.2. The third-order valence-electron chi connectivity index (χ3n) is 4.41. The van der Waals surface area contributed by atoms with Gasteiger partial charge in [0.1, 0.15) is 29.2 Å². The van der Waals surface area contributed by atoms with Gasteiger partial charge in [0, 0.05) is 6.54 Å². The number of anilines is 1. The molecule has 25 heavy (non-hydrogen) atoms. The molecule has 4 heterocycles. The van der Waals surface area contributed by atoms with Crippen molar-refractivity contribution in [3.8, 4) is 17.3 Å². The Morgan fingerprint density at radius 1 is 1.20 bits per heavy atom.